The van der Waals surface area contributed by atoms with E-state index in [1.807, 2.05) is 0 Å². The third-order valence-corrected chi connectivity index (χ3v) is 4.54. The Morgan fingerprint density at radius 3 is 2.47 bits per heavy atom. The number of amides is 1. The molecule has 0 radical (unpaired) electrons. The van der Waals surface area contributed by atoms with Crippen LogP contribution in [0.5, 0.6) is 5.75 Å². The van der Waals surface area contributed by atoms with E-state index in [0.29, 0.717) is 4.31 Å². The molecule has 1 aromatic rings. The first-order valence-corrected chi connectivity index (χ1v) is 6.86. The first-order valence-electron chi connectivity index (χ1n) is 5.42. The average Bonchev–Trinajstić information content (AvgIpc) is 2.28. The molecule has 0 unspecified atom stereocenters. The third-order valence-electron chi connectivity index (χ3n) is 2.51. The molecule has 2 N–H and O–H groups in total. The van der Waals surface area contributed by atoms with Gasteiger partial charge < -0.3 is 10.5 Å². The Balaban J connectivity index is 3.57. The van der Waals surface area contributed by atoms with Crippen molar-refractivity contribution in [1.29, 1.82) is 0 Å². The predicted molar refractivity (Wildman–Crippen MR) is 67.6 cm³/mol. The maximum Gasteiger partial charge on any atom is 0.271 e. The minimum Gasteiger partial charge on any atom is -0.495 e. The largest absolute Gasteiger partial charge is 0.495 e. The number of methoxy groups -OCH3 is 1. The number of rotatable bonds is 4. The molecule has 8 heteroatoms. The molecule has 1 aromatic carbocycles. The SMILES string of the molecule is CCN(C(C)=O)S(=O)(=O)c1c(F)ccc(OC)c1N. The zero-order chi connectivity index (χ0) is 14.8. The minimum absolute atomic E-state index is 0.0274. The quantitative estimate of drug-likeness (QED) is 0.835. The molecule has 0 aliphatic carbocycles. The number of ether oxygens (including phenoxy) is 1. The van der Waals surface area contributed by atoms with Gasteiger partial charge in [-0.05, 0) is 19.1 Å². The van der Waals surface area contributed by atoms with E-state index in [9.17, 15) is 17.6 Å². The van der Waals surface area contributed by atoms with Gasteiger partial charge >= 0.3 is 0 Å². The third kappa shape index (κ3) is 2.62. The van der Waals surface area contributed by atoms with Crippen LogP contribution in [0.3, 0.4) is 0 Å². The topological polar surface area (TPSA) is 89.7 Å². The average molecular weight is 290 g/mol. The van der Waals surface area contributed by atoms with E-state index in [1.165, 1.54) is 20.1 Å². The summed E-state index contributed by atoms with van der Waals surface area (Å²) in [6, 6.07) is 2.14. The van der Waals surface area contributed by atoms with Crippen LogP contribution in [0.25, 0.3) is 0 Å². The smallest absolute Gasteiger partial charge is 0.271 e. The first-order chi connectivity index (χ1) is 8.77. The lowest BCUT2D eigenvalue weighted by atomic mass is 10.3. The van der Waals surface area contributed by atoms with Crippen molar-refractivity contribution < 1.29 is 22.3 Å². The zero-order valence-electron chi connectivity index (χ0n) is 10.8. The van der Waals surface area contributed by atoms with Crippen LogP contribution in [-0.4, -0.2) is 32.3 Å². The number of nitrogens with two attached hydrogens (primary N) is 1. The van der Waals surface area contributed by atoms with E-state index in [4.69, 9.17) is 10.5 Å². The Hall–Kier alpha value is -1.83. The van der Waals surface area contributed by atoms with E-state index in [0.717, 1.165) is 13.0 Å². The molecule has 0 aliphatic heterocycles. The lowest BCUT2D eigenvalue weighted by Gasteiger charge is -2.21. The molecular weight excluding hydrogens is 275 g/mol. The maximum absolute atomic E-state index is 13.8. The van der Waals surface area contributed by atoms with Crippen LogP contribution >= 0.6 is 0 Å². The number of nitrogens with zero attached hydrogens (tertiary/aromatic N) is 1. The summed E-state index contributed by atoms with van der Waals surface area (Å²) in [6.45, 7) is 2.43. The number of benzene rings is 1. The summed E-state index contributed by atoms with van der Waals surface area (Å²) in [6.07, 6.45) is 0. The summed E-state index contributed by atoms with van der Waals surface area (Å²) in [5, 5.41) is 0. The van der Waals surface area contributed by atoms with Gasteiger partial charge in [0.2, 0.25) is 5.91 Å². The number of carbonyl (C=O) groups excluding carboxylic acids is 1. The highest BCUT2D eigenvalue weighted by atomic mass is 32.2. The van der Waals surface area contributed by atoms with Crippen molar-refractivity contribution in [2.45, 2.75) is 18.7 Å². The number of hydrogen-bond acceptors (Lipinski definition) is 5. The molecule has 0 saturated carbocycles. The summed E-state index contributed by atoms with van der Waals surface area (Å²) in [4.78, 5) is 10.6. The molecule has 0 atom stereocenters. The fraction of sp³-hybridized carbons (Fsp3) is 0.364. The van der Waals surface area contributed by atoms with Crippen molar-refractivity contribution in [3.8, 4) is 5.75 Å². The van der Waals surface area contributed by atoms with Crippen molar-refractivity contribution in [2.75, 3.05) is 19.4 Å². The number of hydrogen-bond donors (Lipinski definition) is 1. The lowest BCUT2D eigenvalue weighted by Crippen LogP contribution is -2.35. The maximum atomic E-state index is 13.8. The van der Waals surface area contributed by atoms with Crippen LogP contribution in [0.4, 0.5) is 10.1 Å². The summed E-state index contributed by atoms with van der Waals surface area (Å²) >= 11 is 0. The van der Waals surface area contributed by atoms with Gasteiger partial charge in [0.1, 0.15) is 16.5 Å². The highest BCUT2D eigenvalue weighted by Gasteiger charge is 2.31. The van der Waals surface area contributed by atoms with E-state index >= 15 is 0 Å². The molecule has 6 nitrogen and oxygen atoms in total. The number of sulfonamides is 1. The van der Waals surface area contributed by atoms with Gasteiger partial charge in [0, 0.05) is 13.5 Å². The molecule has 0 aromatic heterocycles. The Morgan fingerprint density at radius 2 is 2.05 bits per heavy atom. The molecule has 1 rings (SSSR count). The fourth-order valence-corrected chi connectivity index (χ4v) is 3.26. The van der Waals surface area contributed by atoms with Gasteiger partial charge in [-0.1, -0.05) is 0 Å². The van der Waals surface area contributed by atoms with Crippen LogP contribution in [-0.2, 0) is 14.8 Å². The molecular formula is C11H15FN2O4S. The summed E-state index contributed by atoms with van der Waals surface area (Å²) in [7, 11) is -3.06. The summed E-state index contributed by atoms with van der Waals surface area (Å²) in [5.41, 5.74) is 5.23. The molecule has 19 heavy (non-hydrogen) atoms. The standard InChI is InChI=1S/C11H15FN2O4S/c1-4-14(7(2)15)19(16,17)11-8(12)5-6-9(18-3)10(11)13/h5-6H,4,13H2,1-3H3. The van der Waals surface area contributed by atoms with Gasteiger partial charge in [-0.3, -0.25) is 4.79 Å². The van der Waals surface area contributed by atoms with Crippen molar-refractivity contribution >= 4 is 21.6 Å². The van der Waals surface area contributed by atoms with Gasteiger partial charge in [0.15, 0.2) is 0 Å². The first kappa shape index (κ1) is 15.2. The Morgan fingerprint density at radius 1 is 1.47 bits per heavy atom. The monoisotopic (exact) mass is 290 g/mol. The second-order valence-electron chi connectivity index (χ2n) is 3.68. The van der Waals surface area contributed by atoms with Crippen molar-refractivity contribution in [2.24, 2.45) is 0 Å². The Labute approximate surface area is 111 Å². The van der Waals surface area contributed by atoms with Crippen LogP contribution < -0.4 is 10.5 Å². The fourth-order valence-electron chi connectivity index (χ4n) is 1.67. The van der Waals surface area contributed by atoms with Crippen LogP contribution in [0.1, 0.15) is 13.8 Å². The molecule has 0 saturated heterocycles. The van der Waals surface area contributed by atoms with Crippen LogP contribution in [0, 0.1) is 5.82 Å². The molecule has 0 heterocycles. The van der Waals surface area contributed by atoms with Crippen LogP contribution in [0.15, 0.2) is 17.0 Å². The van der Waals surface area contributed by atoms with E-state index in [1.54, 1.807) is 0 Å². The lowest BCUT2D eigenvalue weighted by molar-refractivity contribution is -0.124. The normalized spacial score (nSPS) is 11.2. The van der Waals surface area contributed by atoms with Crippen LogP contribution in [0.2, 0.25) is 0 Å². The van der Waals surface area contributed by atoms with E-state index < -0.39 is 26.6 Å². The van der Waals surface area contributed by atoms with E-state index in [-0.39, 0.29) is 18.0 Å². The molecule has 0 fully saturated rings. The van der Waals surface area contributed by atoms with Gasteiger partial charge in [0.05, 0.1) is 12.8 Å². The molecule has 0 aliphatic rings. The highest BCUT2D eigenvalue weighted by Crippen LogP contribution is 2.32. The number of nitrogen functional groups attached to an aromatic ring is 1. The zero-order valence-corrected chi connectivity index (χ0v) is 11.6. The molecule has 1 amide bonds. The van der Waals surface area contributed by atoms with Crippen molar-refractivity contribution in [1.82, 2.24) is 4.31 Å². The van der Waals surface area contributed by atoms with E-state index in [2.05, 4.69) is 0 Å². The molecule has 0 spiro atoms. The summed E-state index contributed by atoms with van der Waals surface area (Å²) in [5.74, 6) is -1.72. The Kier molecular flexibility index (Phi) is 4.35. The minimum atomic E-state index is -4.34. The second-order valence-corrected chi connectivity index (χ2v) is 5.48. The van der Waals surface area contributed by atoms with Gasteiger partial charge in [-0.25, -0.2) is 17.1 Å². The van der Waals surface area contributed by atoms with Gasteiger partial charge in [0.25, 0.3) is 10.0 Å². The summed E-state index contributed by atoms with van der Waals surface area (Å²) < 4.78 is 43.7. The molecule has 0 bridgehead atoms. The van der Waals surface area contributed by atoms with Crippen molar-refractivity contribution in [3.63, 3.8) is 0 Å². The van der Waals surface area contributed by atoms with Gasteiger partial charge in [-0.2, -0.15) is 0 Å². The highest BCUT2D eigenvalue weighted by molar-refractivity contribution is 7.89. The van der Waals surface area contributed by atoms with Crippen molar-refractivity contribution in [3.05, 3.63) is 17.9 Å². The predicted octanol–water partition coefficient (Wildman–Crippen LogP) is 0.974. The second kappa shape index (κ2) is 5.43. The van der Waals surface area contributed by atoms with Gasteiger partial charge in [-0.15, -0.1) is 0 Å². The number of anilines is 1. The Bertz CT molecular complexity index is 601. The number of carbonyl (C=O) groups is 1. The molecule has 106 valence electrons. The number of halogens is 1.